The Bertz CT molecular complexity index is 649. The lowest BCUT2D eigenvalue weighted by atomic mass is 10.2. The Morgan fingerprint density at radius 2 is 2.11 bits per heavy atom. The van der Waals surface area contributed by atoms with Crippen molar-refractivity contribution in [2.45, 2.75) is 13.0 Å². The molecule has 0 saturated carbocycles. The summed E-state index contributed by atoms with van der Waals surface area (Å²) in [5, 5.41) is 7.65. The largest absolute Gasteiger partial charge is 0.375 e. The Morgan fingerprint density at radius 1 is 1.22 bits per heavy atom. The highest BCUT2D eigenvalue weighted by atomic mass is 32.1. The van der Waals surface area contributed by atoms with Crippen LogP contribution in [0.1, 0.15) is 18.0 Å². The van der Waals surface area contributed by atoms with Gasteiger partial charge in [-0.05, 0) is 19.1 Å². The van der Waals surface area contributed by atoms with E-state index in [-0.39, 0.29) is 6.04 Å². The summed E-state index contributed by atoms with van der Waals surface area (Å²) >= 11 is 1.66. The summed E-state index contributed by atoms with van der Waals surface area (Å²) in [5.74, 6) is 0. The third-order valence-corrected chi connectivity index (χ3v) is 3.75. The van der Waals surface area contributed by atoms with Gasteiger partial charge in [0.15, 0.2) is 0 Å². The molecule has 2 aromatic heterocycles. The Balaban J connectivity index is 1.86. The molecule has 0 fully saturated rings. The molecule has 1 atom stereocenters. The van der Waals surface area contributed by atoms with Crippen molar-refractivity contribution < 1.29 is 0 Å². The molecule has 0 spiro atoms. The van der Waals surface area contributed by atoms with E-state index in [1.165, 1.54) is 0 Å². The molecule has 0 saturated heterocycles. The summed E-state index contributed by atoms with van der Waals surface area (Å²) in [6.45, 7) is 2.11. The Kier molecular flexibility index (Phi) is 2.94. The van der Waals surface area contributed by atoms with E-state index in [0.717, 1.165) is 21.6 Å². The molecular weight excluding hydrogens is 242 g/mol. The van der Waals surface area contributed by atoms with Crippen LogP contribution in [0.3, 0.4) is 0 Å². The number of benzene rings is 1. The second-order valence-corrected chi connectivity index (χ2v) is 5.08. The summed E-state index contributed by atoms with van der Waals surface area (Å²) in [6.07, 6.45) is 3.70. The van der Waals surface area contributed by atoms with Gasteiger partial charge in [-0.2, -0.15) is 0 Å². The third-order valence-electron chi connectivity index (χ3n) is 2.80. The summed E-state index contributed by atoms with van der Waals surface area (Å²) < 4.78 is 0. The van der Waals surface area contributed by atoms with Crippen LogP contribution in [-0.2, 0) is 0 Å². The van der Waals surface area contributed by atoms with Gasteiger partial charge in [-0.3, -0.25) is 4.98 Å². The number of aromatic nitrogens is 2. The first-order valence-electron chi connectivity index (χ1n) is 5.83. The predicted octanol–water partition coefficient (Wildman–Crippen LogP) is 3.86. The Labute approximate surface area is 110 Å². The van der Waals surface area contributed by atoms with Crippen molar-refractivity contribution in [3.8, 4) is 0 Å². The number of hydrogen-bond acceptors (Lipinski definition) is 4. The van der Waals surface area contributed by atoms with Crippen molar-refractivity contribution in [3.05, 3.63) is 53.1 Å². The van der Waals surface area contributed by atoms with Crippen LogP contribution in [0.2, 0.25) is 0 Å². The number of hydrogen-bond donors (Lipinski definition) is 1. The third kappa shape index (κ3) is 2.19. The van der Waals surface area contributed by atoms with Crippen molar-refractivity contribution in [2.24, 2.45) is 0 Å². The second kappa shape index (κ2) is 4.74. The van der Waals surface area contributed by atoms with E-state index in [0.29, 0.717) is 0 Å². The summed E-state index contributed by atoms with van der Waals surface area (Å²) in [7, 11) is 0. The van der Waals surface area contributed by atoms with Gasteiger partial charge in [-0.25, -0.2) is 4.98 Å². The molecule has 0 amide bonds. The zero-order chi connectivity index (χ0) is 12.4. The van der Waals surface area contributed by atoms with Gasteiger partial charge in [0.1, 0.15) is 5.01 Å². The lowest BCUT2D eigenvalue weighted by Gasteiger charge is -2.12. The fourth-order valence-electron chi connectivity index (χ4n) is 1.91. The van der Waals surface area contributed by atoms with Crippen LogP contribution in [0.5, 0.6) is 0 Å². The van der Waals surface area contributed by atoms with E-state index in [9.17, 15) is 0 Å². The summed E-state index contributed by atoms with van der Waals surface area (Å²) in [4.78, 5) is 8.75. The van der Waals surface area contributed by atoms with Crippen molar-refractivity contribution in [1.29, 1.82) is 0 Å². The van der Waals surface area contributed by atoms with Crippen LogP contribution in [0.15, 0.2) is 48.1 Å². The number of pyridine rings is 1. The molecule has 90 valence electrons. The molecule has 0 radical (unpaired) electrons. The smallest absolute Gasteiger partial charge is 0.115 e. The van der Waals surface area contributed by atoms with Gasteiger partial charge >= 0.3 is 0 Å². The fraction of sp³-hybridized carbons (Fsp3) is 0.143. The summed E-state index contributed by atoms with van der Waals surface area (Å²) in [5.41, 5.74) is 2.04. The zero-order valence-corrected chi connectivity index (χ0v) is 10.8. The van der Waals surface area contributed by atoms with E-state index in [4.69, 9.17) is 0 Å². The number of anilines is 1. The normalized spacial score (nSPS) is 12.5. The van der Waals surface area contributed by atoms with Crippen LogP contribution in [0.25, 0.3) is 10.9 Å². The molecule has 0 aliphatic carbocycles. The van der Waals surface area contributed by atoms with Crippen LogP contribution in [0.4, 0.5) is 5.69 Å². The van der Waals surface area contributed by atoms with Gasteiger partial charge in [-0.15, -0.1) is 11.3 Å². The van der Waals surface area contributed by atoms with E-state index in [1.54, 1.807) is 11.3 Å². The highest BCUT2D eigenvalue weighted by Crippen LogP contribution is 2.22. The minimum absolute atomic E-state index is 0.202. The molecule has 0 aliphatic rings. The first-order chi connectivity index (χ1) is 8.83. The van der Waals surface area contributed by atoms with Crippen LogP contribution in [-0.4, -0.2) is 9.97 Å². The highest BCUT2D eigenvalue weighted by Gasteiger charge is 2.08. The first kappa shape index (κ1) is 11.2. The van der Waals surface area contributed by atoms with Crippen molar-refractivity contribution in [1.82, 2.24) is 9.97 Å². The van der Waals surface area contributed by atoms with Gasteiger partial charge < -0.3 is 5.32 Å². The molecular formula is C14H13N3S. The van der Waals surface area contributed by atoms with E-state index >= 15 is 0 Å². The van der Waals surface area contributed by atoms with Crippen LogP contribution >= 0.6 is 11.3 Å². The SMILES string of the molecule is CC(Nc1cnc2ccccc2c1)c1nccs1. The van der Waals surface area contributed by atoms with Crippen LogP contribution < -0.4 is 5.32 Å². The molecule has 1 unspecified atom stereocenters. The lowest BCUT2D eigenvalue weighted by molar-refractivity contribution is 0.869. The Morgan fingerprint density at radius 3 is 2.94 bits per heavy atom. The molecule has 18 heavy (non-hydrogen) atoms. The molecule has 4 heteroatoms. The van der Waals surface area contributed by atoms with E-state index < -0.39 is 0 Å². The van der Waals surface area contributed by atoms with Crippen molar-refractivity contribution in [2.75, 3.05) is 5.32 Å². The average molecular weight is 255 g/mol. The monoisotopic (exact) mass is 255 g/mol. The van der Waals surface area contributed by atoms with Gasteiger partial charge in [0.25, 0.3) is 0 Å². The highest BCUT2D eigenvalue weighted by molar-refractivity contribution is 7.09. The first-order valence-corrected chi connectivity index (χ1v) is 6.71. The van der Waals surface area contributed by atoms with E-state index in [1.807, 2.05) is 36.0 Å². The van der Waals surface area contributed by atoms with Gasteiger partial charge in [-0.1, -0.05) is 18.2 Å². The van der Waals surface area contributed by atoms with E-state index in [2.05, 4.69) is 34.3 Å². The number of fused-ring (bicyclic) bond motifs is 1. The molecule has 1 aromatic carbocycles. The number of nitrogens with zero attached hydrogens (tertiary/aromatic N) is 2. The zero-order valence-electron chi connectivity index (χ0n) is 10.00. The maximum Gasteiger partial charge on any atom is 0.115 e. The number of thiazole rings is 1. The predicted molar refractivity (Wildman–Crippen MR) is 75.9 cm³/mol. The summed E-state index contributed by atoms with van der Waals surface area (Å²) in [6, 6.07) is 10.4. The topological polar surface area (TPSA) is 37.8 Å². The van der Waals surface area contributed by atoms with Gasteiger partial charge in [0.05, 0.1) is 23.4 Å². The number of para-hydroxylation sites is 1. The van der Waals surface area contributed by atoms with Crippen LogP contribution in [0, 0.1) is 0 Å². The number of nitrogens with one attached hydrogen (secondary N) is 1. The molecule has 2 heterocycles. The average Bonchev–Trinajstić information content (AvgIpc) is 2.92. The second-order valence-electron chi connectivity index (χ2n) is 4.15. The molecule has 0 aliphatic heterocycles. The van der Waals surface area contributed by atoms with Gasteiger partial charge in [0, 0.05) is 17.0 Å². The maximum absolute atomic E-state index is 4.44. The van der Waals surface area contributed by atoms with Crippen molar-refractivity contribution >= 4 is 27.9 Å². The number of rotatable bonds is 3. The maximum atomic E-state index is 4.44. The molecule has 0 bridgehead atoms. The molecule has 1 N–H and O–H groups in total. The quantitative estimate of drug-likeness (QED) is 0.772. The van der Waals surface area contributed by atoms with Crippen molar-refractivity contribution in [3.63, 3.8) is 0 Å². The Hall–Kier alpha value is -1.94. The minimum Gasteiger partial charge on any atom is -0.375 e. The van der Waals surface area contributed by atoms with Gasteiger partial charge in [0.2, 0.25) is 0 Å². The molecule has 3 rings (SSSR count). The molecule has 3 aromatic rings. The lowest BCUT2D eigenvalue weighted by Crippen LogP contribution is -2.06. The molecule has 3 nitrogen and oxygen atoms in total. The fourth-order valence-corrected chi connectivity index (χ4v) is 2.56. The standard InChI is InChI=1S/C14H13N3S/c1-10(14-15-6-7-18-14)17-12-8-11-4-2-3-5-13(11)16-9-12/h2-10,17H,1H3. The minimum atomic E-state index is 0.202.